The maximum atomic E-state index is 5.91. The van der Waals surface area contributed by atoms with Gasteiger partial charge in [0.05, 0.1) is 25.9 Å². The number of para-hydroxylation sites is 2. The average Bonchev–Trinajstić information content (AvgIpc) is 2.59. The fourth-order valence-electron chi connectivity index (χ4n) is 1.90. The Hall–Kier alpha value is -2.03. The number of methoxy groups -OCH3 is 1. The zero-order valence-electron chi connectivity index (χ0n) is 13.9. The van der Waals surface area contributed by atoms with Crippen LogP contribution in [0, 0.1) is 0 Å². The molecule has 0 fully saturated rings. The lowest BCUT2D eigenvalue weighted by Crippen LogP contribution is -2.22. The van der Waals surface area contributed by atoms with Crippen LogP contribution in [0.25, 0.3) is 0 Å². The first kappa shape index (κ1) is 20.0. The van der Waals surface area contributed by atoms with Crippen molar-refractivity contribution in [2.75, 3.05) is 19.0 Å². The molecule has 24 heavy (non-hydrogen) atoms. The third-order valence-corrected chi connectivity index (χ3v) is 3.05. The molecule has 1 heterocycles. The number of aromatic nitrogens is 1. The van der Waals surface area contributed by atoms with Gasteiger partial charge in [-0.2, -0.15) is 0 Å². The van der Waals surface area contributed by atoms with Crippen molar-refractivity contribution < 1.29 is 9.47 Å². The van der Waals surface area contributed by atoms with Gasteiger partial charge in [0, 0.05) is 12.3 Å². The Morgan fingerprint density at radius 2 is 2.04 bits per heavy atom. The smallest absolute Gasteiger partial charge is 0.213 e. The fourth-order valence-corrected chi connectivity index (χ4v) is 1.90. The normalized spacial score (nSPS) is 10.7. The molecule has 0 aliphatic rings. The van der Waals surface area contributed by atoms with E-state index in [2.05, 4.69) is 22.2 Å². The van der Waals surface area contributed by atoms with E-state index in [0.29, 0.717) is 30.7 Å². The van der Waals surface area contributed by atoms with Crippen molar-refractivity contribution in [1.29, 1.82) is 0 Å². The van der Waals surface area contributed by atoms with E-state index in [9.17, 15) is 0 Å². The van der Waals surface area contributed by atoms with Crippen molar-refractivity contribution in [3.8, 4) is 11.6 Å². The number of hydrogen-bond donors (Lipinski definition) is 2. The van der Waals surface area contributed by atoms with Crippen molar-refractivity contribution in [3.63, 3.8) is 0 Å². The zero-order valence-corrected chi connectivity index (χ0v) is 16.2. The van der Waals surface area contributed by atoms with E-state index < -0.39 is 0 Å². The molecule has 0 saturated carbocycles. The molecule has 1 aromatic heterocycles. The minimum absolute atomic E-state index is 0. The van der Waals surface area contributed by atoms with Crippen LogP contribution in [0.2, 0.25) is 0 Å². The lowest BCUT2D eigenvalue weighted by molar-refractivity contribution is 0.305. The Bertz CT molecular complexity index is 647. The molecule has 3 N–H and O–H groups in total. The van der Waals surface area contributed by atoms with Gasteiger partial charge in [-0.3, -0.25) is 0 Å². The van der Waals surface area contributed by atoms with E-state index in [-0.39, 0.29) is 24.0 Å². The van der Waals surface area contributed by atoms with Crippen LogP contribution in [0.1, 0.15) is 18.9 Å². The number of pyridine rings is 1. The van der Waals surface area contributed by atoms with Gasteiger partial charge in [0.15, 0.2) is 5.96 Å². The maximum Gasteiger partial charge on any atom is 0.213 e. The summed E-state index contributed by atoms with van der Waals surface area (Å²) in [6.45, 7) is 3.16. The molecule has 130 valence electrons. The largest absolute Gasteiger partial charge is 0.495 e. The SMILES string of the molecule is CCCOc1ccc(CN=C(N)Nc2ccccc2OC)cn1.I. The molecule has 6 nitrogen and oxygen atoms in total. The molecule has 0 spiro atoms. The Kier molecular flexibility index (Phi) is 8.92. The van der Waals surface area contributed by atoms with Crippen molar-refractivity contribution >= 4 is 35.6 Å². The predicted octanol–water partition coefficient (Wildman–Crippen LogP) is 3.42. The van der Waals surface area contributed by atoms with E-state index in [4.69, 9.17) is 15.2 Å². The summed E-state index contributed by atoms with van der Waals surface area (Å²) in [6.07, 6.45) is 2.70. The highest BCUT2D eigenvalue weighted by molar-refractivity contribution is 14.0. The summed E-state index contributed by atoms with van der Waals surface area (Å²) >= 11 is 0. The summed E-state index contributed by atoms with van der Waals surface area (Å²) in [6, 6.07) is 11.3. The molecule has 0 radical (unpaired) electrons. The molecule has 2 aromatic rings. The Labute approximate surface area is 159 Å². The minimum Gasteiger partial charge on any atom is -0.495 e. The number of nitrogens with two attached hydrogens (primary N) is 1. The average molecular weight is 442 g/mol. The van der Waals surface area contributed by atoms with Gasteiger partial charge in [-0.05, 0) is 24.1 Å². The lowest BCUT2D eigenvalue weighted by atomic mass is 10.3. The molecule has 2 rings (SSSR count). The highest BCUT2D eigenvalue weighted by atomic mass is 127. The minimum atomic E-state index is 0. The Balaban J connectivity index is 0.00000288. The summed E-state index contributed by atoms with van der Waals surface area (Å²) in [5.74, 6) is 1.66. The quantitative estimate of drug-likeness (QED) is 0.390. The molecule has 0 saturated heterocycles. The summed E-state index contributed by atoms with van der Waals surface area (Å²) in [7, 11) is 1.61. The predicted molar refractivity (Wildman–Crippen MR) is 107 cm³/mol. The highest BCUT2D eigenvalue weighted by Gasteiger charge is 2.02. The van der Waals surface area contributed by atoms with Gasteiger partial charge in [0.2, 0.25) is 5.88 Å². The number of guanidine groups is 1. The fraction of sp³-hybridized carbons (Fsp3) is 0.294. The first-order chi connectivity index (χ1) is 11.2. The zero-order chi connectivity index (χ0) is 16.5. The molecule has 0 amide bonds. The van der Waals surface area contributed by atoms with E-state index in [1.807, 2.05) is 36.4 Å². The number of anilines is 1. The molecule has 0 bridgehead atoms. The second-order valence-electron chi connectivity index (χ2n) is 4.88. The van der Waals surface area contributed by atoms with Gasteiger partial charge in [-0.25, -0.2) is 9.98 Å². The van der Waals surface area contributed by atoms with Crippen LogP contribution in [0.15, 0.2) is 47.6 Å². The van der Waals surface area contributed by atoms with Crippen molar-refractivity contribution in [2.45, 2.75) is 19.9 Å². The second-order valence-corrected chi connectivity index (χ2v) is 4.88. The number of aliphatic imine (C=N–C) groups is 1. The van der Waals surface area contributed by atoms with Gasteiger partial charge in [0.25, 0.3) is 0 Å². The van der Waals surface area contributed by atoms with E-state index in [1.54, 1.807) is 13.3 Å². The monoisotopic (exact) mass is 442 g/mol. The van der Waals surface area contributed by atoms with Crippen LogP contribution >= 0.6 is 24.0 Å². The van der Waals surface area contributed by atoms with Gasteiger partial charge in [-0.1, -0.05) is 25.1 Å². The van der Waals surface area contributed by atoms with Gasteiger partial charge in [-0.15, -0.1) is 24.0 Å². The number of ether oxygens (including phenoxy) is 2. The van der Waals surface area contributed by atoms with Crippen molar-refractivity contribution in [3.05, 3.63) is 48.2 Å². The number of rotatable bonds is 7. The summed E-state index contributed by atoms with van der Waals surface area (Å²) in [5.41, 5.74) is 7.64. The molecular weight excluding hydrogens is 419 g/mol. The number of hydrogen-bond acceptors (Lipinski definition) is 4. The van der Waals surface area contributed by atoms with Gasteiger partial charge >= 0.3 is 0 Å². The number of halogens is 1. The lowest BCUT2D eigenvalue weighted by Gasteiger charge is -2.10. The van der Waals surface area contributed by atoms with Crippen LogP contribution in [0.4, 0.5) is 5.69 Å². The number of nitrogens with one attached hydrogen (secondary N) is 1. The standard InChI is InChI=1S/C17H22N4O2.HI/c1-3-10-23-16-9-8-13(11-19-16)12-20-17(18)21-14-6-4-5-7-15(14)22-2;/h4-9,11H,3,10,12H2,1-2H3,(H3,18,20,21);1H. The van der Waals surface area contributed by atoms with Crippen LogP contribution in [0.3, 0.4) is 0 Å². The van der Waals surface area contributed by atoms with Crippen molar-refractivity contribution in [2.24, 2.45) is 10.7 Å². The molecule has 0 aliphatic heterocycles. The Morgan fingerprint density at radius 1 is 1.25 bits per heavy atom. The first-order valence-electron chi connectivity index (χ1n) is 7.50. The van der Waals surface area contributed by atoms with Gasteiger partial charge < -0.3 is 20.5 Å². The third-order valence-electron chi connectivity index (χ3n) is 3.05. The Morgan fingerprint density at radius 3 is 2.71 bits per heavy atom. The molecule has 1 aromatic carbocycles. The summed E-state index contributed by atoms with van der Waals surface area (Å²) in [4.78, 5) is 8.54. The summed E-state index contributed by atoms with van der Waals surface area (Å²) in [5, 5.41) is 3.03. The topological polar surface area (TPSA) is 81.8 Å². The van der Waals surface area contributed by atoms with E-state index in [1.165, 1.54) is 0 Å². The molecular formula is C17H23IN4O2. The van der Waals surface area contributed by atoms with E-state index in [0.717, 1.165) is 17.7 Å². The molecule has 7 heteroatoms. The third kappa shape index (κ3) is 6.23. The van der Waals surface area contributed by atoms with Gasteiger partial charge in [0.1, 0.15) is 5.75 Å². The number of benzene rings is 1. The highest BCUT2D eigenvalue weighted by Crippen LogP contribution is 2.22. The van der Waals surface area contributed by atoms with Crippen LogP contribution in [0.5, 0.6) is 11.6 Å². The molecule has 0 aliphatic carbocycles. The number of nitrogens with zero attached hydrogens (tertiary/aromatic N) is 2. The summed E-state index contributed by atoms with van der Waals surface area (Å²) < 4.78 is 10.7. The van der Waals surface area contributed by atoms with E-state index >= 15 is 0 Å². The van der Waals surface area contributed by atoms with Crippen molar-refractivity contribution in [1.82, 2.24) is 4.98 Å². The second kappa shape index (κ2) is 10.7. The maximum absolute atomic E-state index is 5.91. The van der Waals surface area contributed by atoms with Crippen LogP contribution in [-0.4, -0.2) is 24.7 Å². The molecule has 0 atom stereocenters. The molecule has 0 unspecified atom stereocenters. The van der Waals surface area contributed by atoms with Crippen LogP contribution in [-0.2, 0) is 6.54 Å². The van der Waals surface area contributed by atoms with Crippen LogP contribution < -0.4 is 20.5 Å². The first-order valence-corrected chi connectivity index (χ1v) is 7.50.